The lowest BCUT2D eigenvalue weighted by atomic mass is 10.0. The quantitative estimate of drug-likeness (QED) is 0.506. The van der Waals surface area contributed by atoms with Gasteiger partial charge in [0.05, 0.1) is 19.4 Å². The normalized spacial score (nSPS) is 12.2. The van der Waals surface area contributed by atoms with Gasteiger partial charge in [0.1, 0.15) is 5.75 Å². The van der Waals surface area contributed by atoms with E-state index in [9.17, 15) is 13.2 Å². The number of benzene rings is 3. The van der Waals surface area contributed by atoms with Crippen molar-refractivity contribution in [1.29, 1.82) is 0 Å². The Morgan fingerprint density at radius 1 is 0.875 bits per heavy atom. The molecule has 6 nitrogen and oxygen atoms in total. The SMILES string of the molecule is COc1ccc([C@H](CC(=O)N(Cc2ccccc2)Cc2ccccc2)NS(C)(=O)=O)cc1. The van der Waals surface area contributed by atoms with Crippen LogP contribution in [0.1, 0.15) is 29.2 Å². The molecule has 0 aromatic heterocycles. The second kappa shape index (κ2) is 10.9. The van der Waals surface area contributed by atoms with Gasteiger partial charge in [-0.3, -0.25) is 4.79 Å². The number of methoxy groups -OCH3 is 1. The van der Waals surface area contributed by atoms with Gasteiger partial charge in [-0.1, -0.05) is 72.8 Å². The van der Waals surface area contributed by atoms with Crippen molar-refractivity contribution >= 4 is 15.9 Å². The van der Waals surface area contributed by atoms with Crippen LogP contribution in [0.25, 0.3) is 0 Å². The van der Waals surface area contributed by atoms with Crippen LogP contribution in [0.3, 0.4) is 0 Å². The Hall–Kier alpha value is -3.16. The molecule has 3 aromatic carbocycles. The monoisotopic (exact) mass is 452 g/mol. The molecule has 0 aliphatic rings. The minimum Gasteiger partial charge on any atom is -0.497 e. The highest BCUT2D eigenvalue weighted by molar-refractivity contribution is 7.88. The zero-order valence-corrected chi connectivity index (χ0v) is 19.1. The molecule has 3 aromatic rings. The zero-order valence-electron chi connectivity index (χ0n) is 18.3. The van der Waals surface area contributed by atoms with Crippen molar-refractivity contribution < 1.29 is 17.9 Å². The van der Waals surface area contributed by atoms with E-state index in [1.807, 2.05) is 60.7 Å². The maximum Gasteiger partial charge on any atom is 0.225 e. The molecule has 7 heteroatoms. The van der Waals surface area contributed by atoms with Gasteiger partial charge in [0.15, 0.2) is 0 Å². The summed E-state index contributed by atoms with van der Waals surface area (Å²) in [4.78, 5) is 15.2. The van der Waals surface area contributed by atoms with E-state index in [1.54, 1.807) is 36.3 Å². The van der Waals surface area contributed by atoms with Crippen LogP contribution < -0.4 is 9.46 Å². The summed E-state index contributed by atoms with van der Waals surface area (Å²) in [5.41, 5.74) is 2.71. The van der Waals surface area contributed by atoms with E-state index in [0.717, 1.165) is 17.4 Å². The second-order valence-corrected chi connectivity index (χ2v) is 9.42. The molecular formula is C25H28N2O4S. The van der Waals surface area contributed by atoms with E-state index < -0.39 is 16.1 Å². The van der Waals surface area contributed by atoms with Gasteiger partial charge >= 0.3 is 0 Å². The molecule has 0 saturated carbocycles. The molecule has 1 N–H and O–H groups in total. The van der Waals surface area contributed by atoms with Crippen LogP contribution in [0.2, 0.25) is 0 Å². The number of carbonyl (C=O) groups is 1. The highest BCUT2D eigenvalue weighted by atomic mass is 32.2. The van der Waals surface area contributed by atoms with Crippen molar-refractivity contribution in [2.75, 3.05) is 13.4 Å². The van der Waals surface area contributed by atoms with Gasteiger partial charge in [0, 0.05) is 19.5 Å². The lowest BCUT2D eigenvalue weighted by molar-refractivity contribution is -0.133. The smallest absolute Gasteiger partial charge is 0.225 e. The predicted octanol–water partition coefficient (Wildman–Crippen LogP) is 3.90. The molecule has 3 rings (SSSR count). The van der Waals surface area contributed by atoms with Gasteiger partial charge in [0.25, 0.3) is 0 Å². The molecule has 0 unspecified atom stereocenters. The van der Waals surface area contributed by atoms with Gasteiger partial charge in [-0.15, -0.1) is 0 Å². The van der Waals surface area contributed by atoms with E-state index in [-0.39, 0.29) is 12.3 Å². The fourth-order valence-corrected chi connectivity index (χ4v) is 4.20. The van der Waals surface area contributed by atoms with E-state index in [4.69, 9.17) is 4.74 Å². The topological polar surface area (TPSA) is 75.7 Å². The molecule has 0 spiro atoms. The predicted molar refractivity (Wildman–Crippen MR) is 125 cm³/mol. The summed E-state index contributed by atoms with van der Waals surface area (Å²) in [5, 5.41) is 0. The fraction of sp³-hybridized carbons (Fsp3) is 0.240. The number of carbonyl (C=O) groups excluding carboxylic acids is 1. The van der Waals surface area contributed by atoms with Crippen molar-refractivity contribution in [3.05, 3.63) is 102 Å². The summed E-state index contributed by atoms with van der Waals surface area (Å²) < 4.78 is 31.8. The first-order chi connectivity index (χ1) is 15.3. The van der Waals surface area contributed by atoms with E-state index in [0.29, 0.717) is 24.4 Å². The first kappa shape index (κ1) is 23.5. The highest BCUT2D eigenvalue weighted by Gasteiger charge is 2.24. The van der Waals surface area contributed by atoms with E-state index in [2.05, 4.69) is 4.72 Å². The summed E-state index contributed by atoms with van der Waals surface area (Å²) in [7, 11) is -1.96. The minimum absolute atomic E-state index is 0.000927. The molecule has 0 fully saturated rings. The fourth-order valence-electron chi connectivity index (χ4n) is 3.47. The molecule has 1 amide bonds. The largest absolute Gasteiger partial charge is 0.497 e. The third-order valence-electron chi connectivity index (χ3n) is 5.04. The standard InChI is InChI=1S/C25H28N2O4S/c1-31-23-15-13-22(14-16-23)24(26-32(2,29)30)17-25(28)27(18-20-9-5-3-6-10-20)19-21-11-7-4-8-12-21/h3-16,24,26H,17-19H2,1-2H3/t24-/m0/s1. The summed E-state index contributed by atoms with van der Waals surface area (Å²) in [6.45, 7) is 0.867. The van der Waals surface area contributed by atoms with Crippen molar-refractivity contribution in [2.24, 2.45) is 0 Å². The number of nitrogens with one attached hydrogen (secondary N) is 1. The van der Waals surface area contributed by atoms with Crippen molar-refractivity contribution in [3.63, 3.8) is 0 Å². The highest BCUT2D eigenvalue weighted by Crippen LogP contribution is 2.23. The number of sulfonamides is 1. The molecule has 168 valence electrons. The summed E-state index contributed by atoms with van der Waals surface area (Å²) in [5.74, 6) is 0.516. The molecule has 1 atom stereocenters. The van der Waals surface area contributed by atoms with Crippen LogP contribution in [-0.2, 0) is 27.9 Å². The van der Waals surface area contributed by atoms with Crippen LogP contribution in [0.15, 0.2) is 84.9 Å². The van der Waals surface area contributed by atoms with Gasteiger partial charge in [-0.25, -0.2) is 13.1 Å². The summed E-state index contributed by atoms with van der Waals surface area (Å²) in [6, 6.07) is 25.9. The summed E-state index contributed by atoms with van der Waals surface area (Å²) >= 11 is 0. The maximum absolute atomic E-state index is 13.4. The Balaban J connectivity index is 1.85. The Morgan fingerprint density at radius 3 is 1.81 bits per heavy atom. The summed E-state index contributed by atoms with van der Waals surface area (Å²) in [6.07, 6.45) is 1.10. The third kappa shape index (κ3) is 7.21. The first-order valence-electron chi connectivity index (χ1n) is 10.3. The molecule has 0 radical (unpaired) electrons. The van der Waals surface area contributed by atoms with Gasteiger partial charge in [-0.05, 0) is 28.8 Å². The van der Waals surface area contributed by atoms with Crippen LogP contribution in [0.4, 0.5) is 0 Å². The number of amides is 1. The third-order valence-corrected chi connectivity index (χ3v) is 5.75. The number of rotatable bonds is 10. The Bertz CT molecular complexity index is 1060. The van der Waals surface area contributed by atoms with E-state index >= 15 is 0 Å². The van der Waals surface area contributed by atoms with E-state index in [1.165, 1.54) is 0 Å². The molecule has 0 heterocycles. The number of hydrogen-bond donors (Lipinski definition) is 1. The Kier molecular flexibility index (Phi) is 8.03. The molecule has 0 saturated heterocycles. The van der Waals surface area contributed by atoms with Crippen molar-refractivity contribution in [2.45, 2.75) is 25.6 Å². The number of ether oxygens (including phenoxy) is 1. The maximum atomic E-state index is 13.4. The lowest BCUT2D eigenvalue weighted by Gasteiger charge is -2.26. The van der Waals surface area contributed by atoms with Crippen molar-refractivity contribution in [1.82, 2.24) is 9.62 Å². The molecule has 0 aliphatic carbocycles. The second-order valence-electron chi connectivity index (χ2n) is 7.64. The van der Waals surface area contributed by atoms with Crippen LogP contribution in [0.5, 0.6) is 5.75 Å². The van der Waals surface area contributed by atoms with Gasteiger partial charge in [-0.2, -0.15) is 0 Å². The zero-order chi connectivity index (χ0) is 23.0. The molecule has 0 bridgehead atoms. The van der Waals surface area contributed by atoms with Crippen LogP contribution in [0, 0.1) is 0 Å². The average Bonchev–Trinajstić information content (AvgIpc) is 2.79. The minimum atomic E-state index is -3.53. The Morgan fingerprint density at radius 2 is 1.38 bits per heavy atom. The van der Waals surface area contributed by atoms with Gasteiger partial charge in [0.2, 0.25) is 15.9 Å². The number of hydrogen-bond acceptors (Lipinski definition) is 4. The van der Waals surface area contributed by atoms with Crippen molar-refractivity contribution in [3.8, 4) is 5.75 Å². The Labute approximate surface area is 189 Å². The van der Waals surface area contributed by atoms with Crippen LogP contribution >= 0.6 is 0 Å². The average molecular weight is 453 g/mol. The molecule has 0 aliphatic heterocycles. The lowest BCUT2D eigenvalue weighted by Crippen LogP contribution is -2.35. The van der Waals surface area contributed by atoms with Crippen LogP contribution in [-0.4, -0.2) is 32.6 Å². The first-order valence-corrected chi connectivity index (χ1v) is 12.2. The molecular weight excluding hydrogens is 424 g/mol. The molecule has 32 heavy (non-hydrogen) atoms. The van der Waals surface area contributed by atoms with Gasteiger partial charge < -0.3 is 9.64 Å². The number of nitrogens with zero attached hydrogens (tertiary/aromatic N) is 1.